The van der Waals surface area contributed by atoms with Crippen molar-refractivity contribution in [2.75, 3.05) is 7.05 Å². The lowest BCUT2D eigenvalue weighted by Crippen LogP contribution is -2.19. The zero-order chi connectivity index (χ0) is 17.0. The summed E-state index contributed by atoms with van der Waals surface area (Å²) in [6.45, 7) is 0.0413. The Hall–Kier alpha value is -1.41. The third-order valence-electron chi connectivity index (χ3n) is 3.05. The minimum Gasteiger partial charge on any atom is -0.457 e. The van der Waals surface area contributed by atoms with E-state index in [-0.39, 0.29) is 22.1 Å². The van der Waals surface area contributed by atoms with E-state index in [4.69, 9.17) is 16.3 Å². The average molecular weight is 419 g/mol. The van der Waals surface area contributed by atoms with Crippen LogP contribution in [0.5, 0.6) is 0 Å². The molecule has 0 unspecified atom stereocenters. The third-order valence-corrected chi connectivity index (χ3v) is 5.57. The minimum absolute atomic E-state index is 0.00459. The van der Waals surface area contributed by atoms with Crippen molar-refractivity contribution >= 4 is 43.5 Å². The fourth-order valence-corrected chi connectivity index (χ4v) is 3.13. The van der Waals surface area contributed by atoms with E-state index < -0.39 is 16.0 Å². The van der Waals surface area contributed by atoms with E-state index in [2.05, 4.69) is 20.7 Å². The Kier molecular flexibility index (Phi) is 5.80. The lowest BCUT2D eigenvalue weighted by atomic mass is 10.2. The molecule has 0 saturated carbocycles. The van der Waals surface area contributed by atoms with Crippen LogP contribution in [0.2, 0.25) is 5.02 Å². The number of ether oxygens (including phenoxy) is 1. The van der Waals surface area contributed by atoms with Crippen molar-refractivity contribution < 1.29 is 17.9 Å². The molecular weight excluding hydrogens is 406 g/mol. The quantitative estimate of drug-likeness (QED) is 0.756. The van der Waals surface area contributed by atoms with Crippen molar-refractivity contribution in [3.05, 3.63) is 63.1 Å². The van der Waals surface area contributed by atoms with E-state index >= 15 is 0 Å². The highest BCUT2D eigenvalue weighted by molar-refractivity contribution is 9.10. The van der Waals surface area contributed by atoms with Gasteiger partial charge in [0.25, 0.3) is 0 Å². The molecule has 2 aromatic carbocycles. The van der Waals surface area contributed by atoms with E-state index in [1.165, 1.54) is 25.2 Å². The van der Waals surface area contributed by atoms with Crippen LogP contribution in [0.15, 0.2) is 51.8 Å². The third kappa shape index (κ3) is 4.32. The first-order valence-electron chi connectivity index (χ1n) is 6.49. The van der Waals surface area contributed by atoms with E-state index in [1.807, 2.05) is 18.2 Å². The van der Waals surface area contributed by atoms with Crippen LogP contribution in [0.1, 0.15) is 15.9 Å². The molecule has 0 aliphatic carbocycles. The van der Waals surface area contributed by atoms with Crippen LogP contribution < -0.4 is 4.72 Å². The Balaban J connectivity index is 2.22. The molecule has 0 saturated heterocycles. The van der Waals surface area contributed by atoms with E-state index in [1.54, 1.807) is 6.07 Å². The van der Waals surface area contributed by atoms with Crippen LogP contribution in [0.3, 0.4) is 0 Å². The number of benzene rings is 2. The second-order valence-corrected chi connectivity index (χ2v) is 7.66. The maximum atomic E-state index is 12.2. The Labute approximate surface area is 147 Å². The normalized spacial score (nSPS) is 11.3. The van der Waals surface area contributed by atoms with E-state index in [9.17, 15) is 13.2 Å². The zero-order valence-corrected chi connectivity index (χ0v) is 15.2. The van der Waals surface area contributed by atoms with Crippen molar-refractivity contribution in [3.63, 3.8) is 0 Å². The fraction of sp³-hybridized carbons (Fsp3) is 0.133. The molecule has 23 heavy (non-hydrogen) atoms. The number of hydrogen-bond acceptors (Lipinski definition) is 4. The summed E-state index contributed by atoms with van der Waals surface area (Å²) in [7, 11) is -2.38. The summed E-state index contributed by atoms with van der Waals surface area (Å²) in [5, 5.41) is 0.122. The highest BCUT2D eigenvalue weighted by Crippen LogP contribution is 2.23. The first kappa shape index (κ1) is 17.9. The fourth-order valence-electron chi connectivity index (χ4n) is 1.78. The predicted molar refractivity (Wildman–Crippen MR) is 91.0 cm³/mol. The molecule has 122 valence electrons. The van der Waals surface area contributed by atoms with Gasteiger partial charge in [0.15, 0.2) is 0 Å². The molecule has 0 spiro atoms. The van der Waals surface area contributed by atoms with Gasteiger partial charge in [-0.2, -0.15) is 0 Å². The topological polar surface area (TPSA) is 72.5 Å². The van der Waals surface area contributed by atoms with Gasteiger partial charge in [-0.05, 0) is 31.3 Å². The van der Waals surface area contributed by atoms with E-state index in [0.29, 0.717) is 0 Å². The molecule has 0 atom stereocenters. The van der Waals surface area contributed by atoms with Crippen LogP contribution in [-0.2, 0) is 21.4 Å². The van der Waals surface area contributed by atoms with Crippen molar-refractivity contribution in [2.45, 2.75) is 11.5 Å². The molecule has 2 rings (SSSR count). The molecular formula is C15H13BrClNO4S. The Morgan fingerprint density at radius 3 is 2.61 bits per heavy atom. The van der Waals surface area contributed by atoms with Gasteiger partial charge in [-0.1, -0.05) is 45.7 Å². The highest BCUT2D eigenvalue weighted by atomic mass is 79.9. The molecule has 1 N–H and O–H groups in total. The summed E-state index contributed by atoms with van der Waals surface area (Å²) < 4.78 is 31.8. The van der Waals surface area contributed by atoms with Crippen LogP contribution in [0.4, 0.5) is 0 Å². The number of halogens is 2. The van der Waals surface area contributed by atoms with Crippen molar-refractivity contribution in [1.29, 1.82) is 0 Å². The Morgan fingerprint density at radius 2 is 1.96 bits per heavy atom. The summed E-state index contributed by atoms with van der Waals surface area (Å²) in [6, 6.07) is 11.2. The van der Waals surface area contributed by atoms with Gasteiger partial charge in [-0.3, -0.25) is 0 Å². The molecule has 0 aliphatic rings. The molecule has 0 amide bonds. The summed E-state index contributed by atoms with van der Waals surface area (Å²) in [5.41, 5.74) is 0.783. The first-order valence-corrected chi connectivity index (χ1v) is 9.14. The minimum atomic E-state index is -3.67. The second-order valence-electron chi connectivity index (χ2n) is 4.52. The predicted octanol–water partition coefficient (Wildman–Crippen LogP) is 3.37. The number of nitrogens with one attached hydrogen (secondary N) is 1. The molecule has 0 aromatic heterocycles. The SMILES string of the molecule is CNS(=O)(=O)c1ccc(Cl)c(C(=O)OCc2ccccc2Br)c1. The van der Waals surface area contributed by atoms with Crippen LogP contribution >= 0.6 is 27.5 Å². The largest absolute Gasteiger partial charge is 0.457 e. The maximum absolute atomic E-state index is 12.2. The van der Waals surface area contributed by atoms with Crippen LogP contribution in [0, 0.1) is 0 Å². The molecule has 0 heterocycles. The zero-order valence-electron chi connectivity index (χ0n) is 12.0. The Morgan fingerprint density at radius 1 is 1.26 bits per heavy atom. The van der Waals surface area contributed by atoms with Gasteiger partial charge in [0.1, 0.15) is 6.61 Å². The summed E-state index contributed by atoms with van der Waals surface area (Å²) in [5.74, 6) is -0.695. The van der Waals surface area contributed by atoms with Gasteiger partial charge in [-0.15, -0.1) is 0 Å². The summed E-state index contributed by atoms with van der Waals surface area (Å²) in [6.07, 6.45) is 0. The highest BCUT2D eigenvalue weighted by Gasteiger charge is 2.18. The van der Waals surface area contributed by atoms with Crippen molar-refractivity contribution in [3.8, 4) is 0 Å². The van der Waals surface area contributed by atoms with Gasteiger partial charge < -0.3 is 4.74 Å². The van der Waals surface area contributed by atoms with Gasteiger partial charge in [0.05, 0.1) is 15.5 Å². The molecule has 0 fully saturated rings. The second kappa shape index (κ2) is 7.44. The standard InChI is InChI=1S/C15H13BrClNO4S/c1-18-23(20,21)11-6-7-14(17)12(8-11)15(19)22-9-10-4-2-3-5-13(10)16/h2-8,18H,9H2,1H3. The lowest BCUT2D eigenvalue weighted by Gasteiger charge is -2.09. The number of esters is 1. The average Bonchev–Trinajstić information content (AvgIpc) is 2.54. The van der Waals surface area contributed by atoms with Gasteiger partial charge in [-0.25, -0.2) is 17.9 Å². The van der Waals surface area contributed by atoms with Crippen molar-refractivity contribution in [1.82, 2.24) is 4.72 Å². The Bertz CT molecular complexity index is 839. The van der Waals surface area contributed by atoms with Gasteiger partial charge >= 0.3 is 5.97 Å². The monoisotopic (exact) mass is 417 g/mol. The molecule has 0 radical (unpaired) electrons. The number of hydrogen-bond donors (Lipinski definition) is 1. The maximum Gasteiger partial charge on any atom is 0.340 e. The number of rotatable bonds is 5. The lowest BCUT2D eigenvalue weighted by molar-refractivity contribution is 0.0472. The summed E-state index contributed by atoms with van der Waals surface area (Å²) in [4.78, 5) is 12.1. The number of carbonyl (C=O) groups is 1. The number of sulfonamides is 1. The molecule has 8 heteroatoms. The van der Waals surface area contributed by atoms with Gasteiger partial charge in [0.2, 0.25) is 10.0 Å². The molecule has 2 aromatic rings. The molecule has 0 aliphatic heterocycles. The first-order chi connectivity index (χ1) is 10.8. The smallest absolute Gasteiger partial charge is 0.340 e. The van der Waals surface area contributed by atoms with Crippen LogP contribution in [-0.4, -0.2) is 21.4 Å². The van der Waals surface area contributed by atoms with E-state index in [0.717, 1.165) is 10.0 Å². The number of carbonyl (C=O) groups excluding carboxylic acids is 1. The molecule has 5 nitrogen and oxygen atoms in total. The van der Waals surface area contributed by atoms with Crippen molar-refractivity contribution in [2.24, 2.45) is 0 Å². The summed E-state index contributed by atoms with van der Waals surface area (Å²) >= 11 is 9.33. The van der Waals surface area contributed by atoms with Crippen LogP contribution in [0.25, 0.3) is 0 Å². The molecule has 0 bridgehead atoms. The van der Waals surface area contributed by atoms with Gasteiger partial charge in [0, 0.05) is 10.0 Å².